The van der Waals surface area contributed by atoms with Gasteiger partial charge in [0, 0.05) is 15.9 Å². The number of fused-ring (bicyclic) bond motifs is 1. The third kappa shape index (κ3) is 1.99. The largest absolute Gasteiger partial charge is 0.351 e. The maximum atomic E-state index is 5.46. The highest BCUT2D eigenvalue weighted by molar-refractivity contribution is 9.10. The molecule has 0 amide bonds. The van der Waals surface area contributed by atoms with E-state index >= 15 is 0 Å². The summed E-state index contributed by atoms with van der Waals surface area (Å²) in [6, 6.07) is 14.5. The molecule has 0 unspecified atom stereocenters. The molecule has 3 rings (SSSR count). The fourth-order valence-electron chi connectivity index (χ4n) is 1.60. The summed E-state index contributed by atoms with van der Waals surface area (Å²) < 4.78 is 4.69. The van der Waals surface area contributed by atoms with E-state index in [0.29, 0.717) is 6.61 Å². The average Bonchev–Trinajstić information content (AvgIpc) is 3.05. The Bertz CT molecular complexity index is 562. The van der Waals surface area contributed by atoms with Crippen LogP contribution in [0.1, 0.15) is 5.56 Å². The van der Waals surface area contributed by atoms with Crippen molar-refractivity contribution in [3.05, 3.63) is 48.0 Å². The Labute approximate surface area is 101 Å². The van der Waals surface area contributed by atoms with Gasteiger partial charge in [-0.15, -0.1) is 10.2 Å². The van der Waals surface area contributed by atoms with E-state index in [1.807, 2.05) is 12.1 Å². The summed E-state index contributed by atoms with van der Waals surface area (Å²) in [6.07, 6.45) is 0. The molecule has 4 heteroatoms. The number of alkyl halides is 1. The van der Waals surface area contributed by atoms with Crippen molar-refractivity contribution in [3.63, 3.8) is 0 Å². The highest BCUT2D eigenvalue weighted by Gasteiger charge is 2.38. The van der Waals surface area contributed by atoms with E-state index in [4.69, 9.17) is 4.74 Å². The zero-order chi connectivity index (χ0) is 11.0. The third-order valence-electron chi connectivity index (χ3n) is 2.49. The van der Waals surface area contributed by atoms with E-state index in [1.54, 1.807) is 0 Å². The van der Waals surface area contributed by atoms with Crippen LogP contribution in [0.15, 0.2) is 52.7 Å². The summed E-state index contributed by atoms with van der Waals surface area (Å²) in [5.41, 5.74) is 1.12. The number of ether oxygens (including phenoxy) is 1. The minimum Gasteiger partial charge on any atom is -0.319 e. The lowest BCUT2D eigenvalue weighted by Gasteiger charge is -2.06. The number of rotatable bonds is 3. The minimum absolute atomic E-state index is 0.503. The smallest absolute Gasteiger partial charge is 0.319 e. The fourth-order valence-corrected chi connectivity index (χ4v) is 1.79. The Kier molecular flexibility index (Phi) is 2.26. The first-order valence-corrected chi connectivity index (χ1v) is 5.79. The van der Waals surface area contributed by atoms with Gasteiger partial charge in [0.2, 0.25) is 0 Å². The van der Waals surface area contributed by atoms with Crippen LogP contribution in [0.5, 0.6) is 0 Å². The summed E-state index contributed by atoms with van der Waals surface area (Å²) in [5.74, 6) is 0. The normalized spacial score (nSPS) is 16.6. The first kappa shape index (κ1) is 9.93. The first-order chi connectivity index (χ1) is 7.75. The molecular formula is C12H9BrN2O. The Morgan fingerprint density at radius 3 is 2.56 bits per heavy atom. The van der Waals surface area contributed by atoms with Crippen LogP contribution >= 0.6 is 15.9 Å². The quantitative estimate of drug-likeness (QED) is 0.620. The molecule has 0 bridgehead atoms. The van der Waals surface area contributed by atoms with Crippen molar-refractivity contribution in [2.24, 2.45) is 10.2 Å². The van der Waals surface area contributed by atoms with Gasteiger partial charge in [-0.05, 0) is 22.4 Å². The molecule has 0 saturated carbocycles. The second-order valence-electron chi connectivity index (χ2n) is 3.70. The van der Waals surface area contributed by atoms with E-state index in [0.717, 1.165) is 5.56 Å². The Hall–Kier alpha value is -1.26. The highest BCUT2D eigenvalue weighted by Crippen LogP contribution is 2.37. The van der Waals surface area contributed by atoms with Crippen LogP contribution in [-0.4, -0.2) is 4.76 Å². The molecular weight excluding hydrogens is 268 g/mol. The summed E-state index contributed by atoms with van der Waals surface area (Å²) in [6.45, 7) is 0.503. The summed E-state index contributed by atoms with van der Waals surface area (Å²) in [7, 11) is 0. The van der Waals surface area contributed by atoms with Gasteiger partial charge in [0.1, 0.15) is 0 Å². The first-order valence-electron chi connectivity index (χ1n) is 5.00. The second-order valence-corrected chi connectivity index (χ2v) is 4.73. The van der Waals surface area contributed by atoms with Gasteiger partial charge in [-0.1, -0.05) is 36.4 Å². The fraction of sp³-hybridized carbons (Fsp3) is 0.167. The molecule has 0 spiro atoms. The van der Waals surface area contributed by atoms with Gasteiger partial charge in [-0.25, -0.2) is 0 Å². The summed E-state index contributed by atoms with van der Waals surface area (Å²) in [4.78, 5) is 0. The highest BCUT2D eigenvalue weighted by atomic mass is 79.9. The van der Waals surface area contributed by atoms with E-state index in [1.165, 1.54) is 10.8 Å². The van der Waals surface area contributed by atoms with Crippen LogP contribution in [0.4, 0.5) is 0 Å². The number of hydrogen-bond acceptors (Lipinski definition) is 3. The van der Waals surface area contributed by atoms with Crippen LogP contribution in [0.3, 0.4) is 0 Å². The van der Waals surface area contributed by atoms with Crippen molar-refractivity contribution in [3.8, 4) is 0 Å². The monoisotopic (exact) mass is 276 g/mol. The van der Waals surface area contributed by atoms with E-state index in [2.05, 4.69) is 56.5 Å². The summed E-state index contributed by atoms with van der Waals surface area (Å²) in [5, 5.41) is 9.92. The van der Waals surface area contributed by atoms with Gasteiger partial charge in [0.05, 0.1) is 6.61 Å². The predicted octanol–water partition coefficient (Wildman–Crippen LogP) is 3.83. The Morgan fingerprint density at radius 1 is 1.06 bits per heavy atom. The van der Waals surface area contributed by atoms with Gasteiger partial charge in [-0.2, -0.15) is 0 Å². The van der Waals surface area contributed by atoms with Gasteiger partial charge in [0.25, 0.3) is 0 Å². The third-order valence-corrected chi connectivity index (χ3v) is 3.04. The molecule has 0 aliphatic carbocycles. The topological polar surface area (TPSA) is 34.0 Å². The Morgan fingerprint density at radius 2 is 1.81 bits per heavy atom. The maximum Gasteiger partial charge on any atom is 0.351 e. The SMILES string of the molecule is BrC1(OCc2ccc3ccccc3c2)N=N1. The molecule has 1 heterocycles. The number of benzene rings is 2. The molecule has 0 N–H and O–H groups in total. The molecule has 0 aromatic heterocycles. The van der Waals surface area contributed by atoms with Gasteiger partial charge in [0.15, 0.2) is 0 Å². The molecule has 1 aliphatic rings. The van der Waals surface area contributed by atoms with Crippen LogP contribution < -0.4 is 0 Å². The van der Waals surface area contributed by atoms with Crippen LogP contribution in [0.25, 0.3) is 10.8 Å². The molecule has 1 aliphatic heterocycles. The van der Waals surface area contributed by atoms with Crippen molar-refractivity contribution >= 4 is 26.7 Å². The number of nitrogens with zero attached hydrogens (tertiary/aromatic N) is 2. The number of halogens is 1. The molecule has 80 valence electrons. The standard InChI is InChI=1S/C12H9BrN2O/c13-12(14-15-12)16-8-9-5-6-10-3-1-2-4-11(10)7-9/h1-7H,8H2. The zero-order valence-corrected chi connectivity index (χ0v) is 10.0. The zero-order valence-electron chi connectivity index (χ0n) is 8.43. The molecule has 2 aromatic carbocycles. The van der Waals surface area contributed by atoms with Crippen LogP contribution in [-0.2, 0) is 11.3 Å². The van der Waals surface area contributed by atoms with Crippen molar-refractivity contribution in [1.82, 2.24) is 0 Å². The van der Waals surface area contributed by atoms with Gasteiger partial charge >= 0.3 is 4.76 Å². The van der Waals surface area contributed by atoms with E-state index in [9.17, 15) is 0 Å². The predicted molar refractivity (Wildman–Crippen MR) is 65.3 cm³/mol. The minimum atomic E-state index is -0.765. The average molecular weight is 277 g/mol. The molecule has 0 fully saturated rings. The number of hydrogen-bond donors (Lipinski definition) is 0. The lowest BCUT2D eigenvalue weighted by atomic mass is 10.1. The van der Waals surface area contributed by atoms with Crippen LogP contribution in [0, 0.1) is 0 Å². The molecule has 2 aromatic rings. The van der Waals surface area contributed by atoms with Crippen molar-refractivity contribution in [1.29, 1.82) is 0 Å². The van der Waals surface area contributed by atoms with Crippen molar-refractivity contribution in [2.45, 2.75) is 11.4 Å². The molecule has 0 atom stereocenters. The summed E-state index contributed by atoms with van der Waals surface area (Å²) >= 11 is 3.24. The maximum absolute atomic E-state index is 5.46. The van der Waals surface area contributed by atoms with Crippen LogP contribution in [0.2, 0.25) is 0 Å². The van der Waals surface area contributed by atoms with E-state index in [-0.39, 0.29) is 0 Å². The molecule has 0 radical (unpaired) electrons. The van der Waals surface area contributed by atoms with E-state index < -0.39 is 4.76 Å². The van der Waals surface area contributed by atoms with Gasteiger partial charge in [-0.3, -0.25) is 0 Å². The lowest BCUT2D eigenvalue weighted by molar-refractivity contribution is 0.0757. The Balaban J connectivity index is 1.82. The molecule has 0 saturated heterocycles. The van der Waals surface area contributed by atoms with Crippen molar-refractivity contribution in [2.75, 3.05) is 0 Å². The molecule has 3 nitrogen and oxygen atoms in total. The lowest BCUT2D eigenvalue weighted by Crippen LogP contribution is -2.05. The van der Waals surface area contributed by atoms with Gasteiger partial charge < -0.3 is 4.74 Å². The molecule has 16 heavy (non-hydrogen) atoms. The van der Waals surface area contributed by atoms with Crippen molar-refractivity contribution < 1.29 is 4.74 Å². The second kappa shape index (κ2) is 3.64.